The first-order valence-electron chi connectivity index (χ1n) is 16.0. The van der Waals surface area contributed by atoms with Crippen LogP contribution in [-0.4, -0.2) is 0 Å². The average Bonchev–Trinajstić information content (AvgIpc) is 3.13. The number of fused-ring (bicyclic) bond motifs is 5. The first-order valence-corrected chi connectivity index (χ1v) is 16.0. The molecule has 10 aromatic carbocycles. The van der Waals surface area contributed by atoms with Crippen molar-refractivity contribution in [3.05, 3.63) is 170 Å². The van der Waals surface area contributed by atoms with Gasteiger partial charge in [0.1, 0.15) is 0 Å². The lowest BCUT2D eigenvalue weighted by molar-refractivity contribution is 1.60. The summed E-state index contributed by atoms with van der Waals surface area (Å²) in [6, 6.07) is 62.7. The van der Waals surface area contributed by atoms with Crippen LogP contribution in [-0.2, 0) is 0 Å². The third-order valence-corrected chi connectivity index (χ3v) is 10.0. The van der Waals surface area contributed by atoms with Gasteiger partial charge in [-0.25, -0.2) is 0 Å². The SMILES string of the molecule is c1ccc(-c2ccccc2-c2ccc(-c3c4ccccc4c4c5cccc6cccc(c7cccc3c74)c65)c3ccccc23)cc1. The minimum absolute atomic E-state index is 1.23. The van der Waals surface area contributed by atoms with Crippen LogP contribution in [0.15, 0.2) is 170 Å². The molecule has 0 saturated heterocycles. The highest BCUT2D eigenvalue weighted by atomic mass is 14.2. The van der Waals surface area contributed by atoms with Crippen LogP contribution in [0.2, 0.25) is 0 Å². The Morgan fingerprint density at radius 2 is 0.696 bits per heavy atom. The van der Waals surface area contributed by atoms with E-state index in [1.54, 1.807) is 0 Å². The Bertz CT molecular complexity index is 2780. The molecule has 0 amide bonds. The van der Waals surface area contributed by atoms with Crippen LogP contribution in [0, 0.1) is 0 Å². The van der Waals surface area contributed by atoms with Gasteiger partial charge in [0, 0.05) is 0 Å². The first-order chi connectivity index (χ1) is 22.9. The van der Waals surface area contributed by atoms with Gasteiger partial charge in [-0.05, 0) is 98.0 Å². The molecule has 212 valence electrons. The van der Waals surface area contributed by atoms with Gasteiger partial charge in [-0.3, -0.25) is 0 Å². The van der Waals surface area contributed by atoms with E-state index in [-0.39, 0.29) is 0 Å². The quantitative estimate of drug-likeness (QED) is 0.144. The van der Waals surface area contributed by atoms with Crippen molar-refractivity contribution in [2.45, 2.75) is 0 Å². The maximum Gasteiger partial charge on any atom is -0.00137 e. The Hall–Kier alpha value is -5.98. The van der Waals surface area contributed by atoms with Crippen LogP contribution in [0.4, 0.5) is 0 Å². The predicted molar refractivity (Wildman–Crippen MR) is 199 cm³/mol. The molecule has 0 N–H and O–H groups in total. The summed E-state index contributed by atoms with van der Waals surface area (Å²) < 4.78 is 0. The van der Waals surface area contributed by atoms with Crippen LogP contribution < -0.4 is 0 Å². The minimum atomic E-state index is 1.23. The number of rotatable bonds is 3. The molecule has 0 heteroatoms. The van der Waals surface area contributed by atoms with Crippen molar-refractivity contribution in [1.82, 2.24) is 0 Å². The minimum Gasteiger partial charge on any atom is -0.0622 e. The molecular formula is C46H28. The normalized spacial score (nSPS) is 11.9. The van der Waals surface area contributed by atoms with E-state index in [9.17, 15) is 0 Å². The molecule has 10 rings (SSSR count). The third kappa shape index (κ3) is 3.50. The maximum atomic E-state index is 2.37. The Labute approximate surface area is 267 Å². The average molecular weight is 581 g/mol. The molecule has 10 aromatic rings. The lowest BCUT2D eigenvalue weighted by Crippen LogP contribution is -1.93. The monoisotopic (exact) mass is 580 g/mol. The van der Waals surface area contributed by atoms with Gasteiger partial charge in [0.2, 0.25) is 0 Å². The van der Waals surface area contributed by atoms with Gasteiger partial charge >= 0.3 is 0 Å². The highest BCUT2D eigenvalue weighted by Crippen LogP contribution is 2.49. The zero-order chi connectivity index (χ0) is 30.2. The lowest BCUT2D eigenvalue weighted by atomic mass is 9.82. The summed E-state index contributed by atoms with van der Waals surface area (Å²) in [4.78, 5) is 0. The van der Waals surface area contributed by atoms with Gasteiger partial charge in [0.05, 0.1) is 0 Å². The Kier molecular flexibility index (Phi) is 5.38. The molecule has 0 aromatic heterocycles. The molecular weight excluding hydrogens is 553 g/mol. The van der Waals surface area contributed by atoms with E-state index in [0.717, 1.165) is 0 Å². The molecule has 46 heavy (non-hydrogen) atoms. The molecule has 0 fully saturated rings. The third-order valence-electron chi connectivity index (χ3n) is 10.0. The molecule has 0 unspecified atom stereocenters. The molecule has 0 atom stereocenters. The van der Waals surface area contributed by atoms with Gasteiger partial charge in [0.25, 0.3) is 0 Å². The van der Waals surface area contributed by atoms with Crippen LogP contribution in [0.3, 0.4) is 0 Å². The second-order valence-electron chi connectivity index (χ2n) is 12.4. The first kappa shape index (κ1) is 25.4. The summed E-state index contributed by atoms with van der Waals surface area (Å²) in [7, 11) is 0. The summed E-state index contributed by atoms with van der Waals surface area (Å²) in [6.07, 6.45) is 0. The summed E-state index contributed by atoms with van der Waals surface area (Å²) in [5, 5.41) is 15.8. The van der Waals surface area contributed by atoms with E-state index >= 15 is 0 Å². The van der Waals surface area contributed by atoms with Crippen molar-refractivity contribution >= 4 is 64.6 Å². The molecule has 0 heterocycles. The lowest BCUT2D eigenvalue weighted by Gasteiger charge is -2.21. The van der Waals surface area contributed by atoms with Crippen LogP contribution in [0.5, 0.6) is 0 Å². The zero-order valence-corrected chi connectivity index (χ0v) is 25.2. The molecule has 0 aliphatic rings. The molecule has 0 bridgehead atoms. The summed E-state index contributed by atoms with van der Waals surface area (Å²) in [5.41, 5.74) is 7.57. The Balaban J connectivity index is 1.35. The molecule has 0 aliphatic carbocycles. The zero-order valence-electron chi connectivity index (χ0n) is 25.2. The summed E-state index contributed by atoms with van der Waals surface area (Å²) in [6.45, 7) is 0. The van der Waals surface area contributed by atoms with Crippen molar-refractivity contribution in [1.29, 1.82) is 0 Å². The van der Waals surface area contributed by atoms with E-state index < -0.39 is 0 Å². The predicted octanol–water partition coefficient (Wildman–Crippen LogP) is 13.0. The van der Waals surface area contributed by atoms with Crippen LogP contribution in [0.1, 0.15) is 0 Å². The van der Waals surface area contributed by atoms with Gasteiger partial charge < -0.3 is 0 Å². The molecule has 0 nitrogen and oxygen atoms in total. The van der Waals surface area contributed by atoms with Crippen molar-refractivity contribution in [2.75, 3.05) is 0 Å². The van der Waals surface area contributed by atoms with Gasteiger partial charge in [-0.1, -0.05) is 170 Å². The van der Waals surface area contributed by atoms with Crippen molar-refractivity contribution in [3.8, 4) is 33.4 Å². The van der Waals surface area contributed by atoms with E-state index in [1.807, 2.05) is 0 Å². The van der Waals surface area contributed by atoms with Crippen LogP contribution in [0.25, 0.3) is 98.0 Å². The van der Waals surface area contributed by atoms with Gasteiger partial charge in [-0.2, -0.15) is 0 Å². The fraction of sp³-hybridized carbons (Fsp3) is 0. The fourth-order valence-corrected chi connectivity index (χ4v) is 8.14. The molecule has 0 saturated carbocycles. The van der Waals surface area contributed by atoms with Crippen molar-refractivity contribution in [3.63, 3.8) is 0 Å². The van der Waals surface area contributed by atoms with E-state index in [0.29, 0.717) is 0 Å². The van der Waals surface area contributed by atoms with E-state index in [1.165, 1.54) is 98.0 Å². The topological polar surface area (TPSA) is 0 Å². The molecule has 0 spiro atoms. The molecule has 0 aliphatic heterocycles. The van der Waals surface area contributed by atoms with Gasteiger partial charge in [0.15, 0.2) is 0 Å². The second kappa shape index (κ2) is 9.76. The summed E-state index contributed by atoms with van der Waals surface area (Å²) >= 11 is 0. The number of benzene rings is 10. The highest BCUT2D eigenvalue weighted by molar-refractivity contribution is 6.41. The summed E-state index contributed by atoms with van der Waals surface area (Å²) in [5.74, 6) is 0. The smallest absolute Gasteiger partial charge is 0.00137 e. The van der Waals surface area contributed by atoms with E-state index in [2.05, 4.69) is 170 Å². The largest absolute Gasteiger partial charge is 0.0622 e. The van der Waals surface area contributed by atoms with Gasteiger partial charge in [-0.15, -0.1) is 0 Å². The highest BCUT2D eigenvalue weighted by Gasteiger charge is 2.21. The number of hydrogen-bond acceptors (Lipinski definition) is 0. The fourth-order valence-electron chi connectivity index (χ4n) is 8.14. The number of hydrogen-bond donors (Lipinski definition) is 0. The maximum absolute atomic E-state index is 2.37. The van der Waals surface area contributed by atoms with Crippen LogP contribution >= 0.6 is 0 Å². The second-order valence-corrected chi connectivity index (χ2v) is 12.4. The van der Waals surface area contributed by atoms with E-state index in [4.69, 9.17) is 0 Å². The standard InChI is InChI=1S/C46H28/c1-2-13-29(14-3-1)31-17-4-5-18-32(31)35-27-28-40(34-20-7-6-19-33(34)35)44-37-21-8-9-22-38(37)45-41-25-11-16-30-15-10-23-36(43(30)41)39-24-12-26-42(44)46(39)45/h1-28H. The Morgan fingerprint density at radius 3 is 1.48 bits per heavy atom. The van der Waals surface area contributed by atoms with Crippen molar-refractivity contribution < 1.29 is 0 Å². The van der Waals surface area contributed by atoms with Crippen molar-refractivity contribution in [2.24, 2.45) is 0 Å². The Morgan fingerprint density at radius 1 is 0.217 bits per heavy atom. The molecule has 0 radical (unpaired) electrons.